The van der Waals surface area contributed by atoms with Crippen molar-refractivity contribution < 1.29 is 4.42 Å². The molecular weight excluding hydrogens is 350 g/mol. The molecule has 0 N–H and O–H groups in total. The Labute approximate surface area is 170 Å². The molecule has 1 aromatic rings. The number of anilines is 1. The zero-order valence-corrected chi connectivity index (χ0v) is 18.3. The minimum absolute atomic E-state index is 0.499. The summed E-state index contributed by atoms with van der Waals surface area (Å²) in [4.78, 5) is 7.51. The van der Waals surface area contributed by atoms with E-state index in [1.807, 2.05) is 13.0 Å². The molecule has 156 valence electrons. The second-order valence-electron chi connectivity index (χ2n) is 8.62. The lowest BCUT2D eigenvalue weighted by Gasteiger charge is -2.43. The molecule has 28 heavy (non-hydrogen) atoms. The van der Waals surface area contributed by atoms with Gasteiger partial charge in [0.15, 0.2) is 0 Å². The first-order chi connectivity index (χ1) is 13.5. The van der Waals surface area contributed by atoms with Crippen molar-refractivity contribution in [2.75, 3.05) is 44.2 Å². The van der Waals surface area contributed by atoms with E-state index in [2.05, 4.69) is 64.7 Å². The topological polar surface area (TPSA) is 48.6 Å². The van der Waals surface area contributed by atoms with E-state index < -0.39 is 0 Å². The lowest BCUT2D eigenvalue weighted by molar-refractivity contribution is 0.0689. The van der Waals surface area contributed by atoms with Crippen LogP contribution in [0.15, 0.2) is 22.6 Å². The molecule has 3 rings (SSSR count). The van der Waals surface area contributed by atoms with Gasteiger partial charge in [-0.25, -0.2) is 0 Å². The van der Waals surface area contributed by atoms with E-state index in [1.54, 1.807) is 0 Å². The molecule has 0 radical (unpaired) electrons. The molecule has 0 saturated carbocycles. The average molecular weight is 388 g/mol. The summed E-state index contributed by atoms with van der Waals surface area (Å²) < 4.78 is 5.99. The highest BCUT2D eigenvalue weighted by atomic mass is 16.4. The van der Waals surface area contributed by atoms with E-state index in [0.29, 0.717) is 29.9 Å². The Morgan fingerprint density at radius 3 is 2.25 bits per heavy atom. The van der Waals surface area contributed by atoms with Gasteiger partial charge in [0, 0.05) is 56.9 Å². The van der Waals surface area contributed by atoms with Gasteiger partial charge in [-0.3, -0.25) is 9.80 Å². The number of hydrogen-bond donors (Lipinski definition) is 0. The number of piperazine rings is 1. The Morgan fingerprint density at radius 1 is 1.00 bits per heavy atom. The van der Waals surface area contributed by atoms with Crippen LogP contribution in [0.1, 0.15) is 53.4 Å². The van der Waals surface area contributed by atoms with Gasteiger partial charge in [-0.05, 0) is 39.5 Å². The SMILES string of the molecule is C/C=C(\C=C/C(C)C)c1nnc(N2CCC(N3CCN(C(C)C)CC3)CC2)o1. The average Bonchev–Trinajstić information content (AvgIpc) is 3.18. The van der Waals surface area contributed by atoms with E-state index >= 15 is 0 Å². The molecule has 6 nitrogen and oxygen atoms in total. The largest absolute Gasteiger partial charge is 0.403 e. The van der Waals surface area contributed by atoms with Crippen molar-refractivity contribution in [2.45, 2.75) is 59.5 Å². The first-order valence-corrected chi connectivity index (χ1v) is 10.9. The third-order valence-electron chi connectivity index (χ3n) is 5.96. The fraction of sp³-hybridized carbons (Fsp3) is 0.727. The van der Waals surface area contributed by atoms with Gasteiger partial charge in [0.05, 0.1) is 0 Å². The van der Waals surface area contributed by atoms with Crippen molar-refractivity contribution in [3.63, 3.8) is 0 Å². The highest BCUT2D eigenvalue weighted by molar-refractivity contribution is 5.68. The fourth-order valence-electron chi connectivity index (χ4n) is 4.09. The number of aromatic nitrogens is 2. The van der Waals surface area contributed by atoms with Gasteiger partial charge < -0.3 is 9.32 Å². The van der Waals surface area contributed by atoms with Gasteiger partial charge in [-0.15, -0.1) is 5.10 Å². The quantitative estimate of drug-likeness (QED) is 0.694. The monoisotopic (exact) mass is 387 g/mol. The number of piperidine rings is 1. The first-order valence-electron chi connectivity index (χ1n) is 10.9. The predicted octanol–water partition coefficient (Wildman–Crippen LogP) is 3.68. The highest BCUT2D eigenvalue weighted by Gasteiger charge is 2.29. The number of rotatable bonds is 6. The van der Waals surface area contributed by atoms with Crippen LogP contribution in [0.4, 0.5) is 6.01 Å². The maximum Gasteiger partial charge on any atom is 0.318 e. The van der Waals surface area contributed by atoms with Crippen molar-refractivity contribution in [3.05, 3.63) is 24.1 Å². The summed E-state index contributed by atoms with van der Waals surface area (Å²) >= 11 is 0. The Bertz CT molecular complexity index is 662. The zero-order valence-electron chi connectivity index (χ0n) is 18.3. The van der Waals surface area contributed by atoms with Gasteiger partial charge in [-0.1, -0.05) is 37.2 Å². The van der Waals surface area contributed by atoms with E-state index in [4.69, 9.17) is 4.42 Å². The Morgan fingerprint density at radius 2 is 1.68 bits per heavy atom. The summed E-state index contributed by atoms with van der Waals surface area (Å²) in [5.41, 5.74) is 0.991. The number of nitrogens with zero attached hydrogens (tertiary/aromatic N) is 5. The van der Waals surface area contributed by atoms with Crippen molar-refractivity contribution in [1.82, 2.24) is 20.0 Å². The lowest BCUT2D eigenvalue weighted by Crippen LogP contribution is -2.54. The van der Waals surface area contributed by atoms with Crippen molar-refractivity contribution in [1.29, 1.82) is 0 Å². The number of allylic oxidation sites excluding steroid dienone is 4. The van der Waals surface area contributed by atoms with E-state index in [1.165, 1.54) is 39.0 Å². The predicted molar refractivity (Wildman–Crippen MR) is 115 cm³/mol. The molecule has 0 bridgehead atoms. The van der Waals surface area contributed by atoms with Crippen molar-refractivity contribution in [2.24, 2.45) is 5.92 Å². The van der Waals surface area contributed by atoms with Gasteiger partial charge in [0.1, 0.15) is 0 Å². The Hall–Kier alpha value is -1.66. The molecule has 0 aliphatic carbocycles. The first kappa shape index (κ1) is 21.1. The molecule has 2 aliphatic rings. The van der Waals surface area contributed by atoms with Crippen LogP contribution in [0, 0.1) is 5.92 Å². The Kier molecular flexibility index (Phi) is 7.30. The minimum atomic E-state index is 0.499. The van der Waals surface area contributed by atoms with E-state index in [0.717, 1.165) is 18.7 Å². The van der Waals surface area contributed by atoms with E-state index in [9.17, 15) is 0 Å². The van der Waals surface area contributed by atoms with Crippen LogP contribution in [0.3, 0.4) is 0 Å². The second-order valence-corrected chi connectivity index (χ2v) is 8.62. The molecule has 0 aromatic carbocycles. The third-order valence-corrected chi connectivity index (χ3v) is 5.96. The normalized spacial score (nSPS) is 21.5. The van der Waals surface area contributed by atoms with Gasteiger partial charge >= 0.3 is 6.01 Å². The summed E-state index contributed by atoms with van der Waals surface area (Å²) in [5, 5.41) is 8.60. The van der Waals surface area contributed by atoms with Gasteiger partial charge in [0.2, 0.25) is 5.89 Å². The molecular formula is C22H37N5O. The second kappa shape index (κ2) is 9.70. The van der Waals surface area contributed by atoms with Crippen LogP contribution in [0.5, 0.6) is 0 Å². The molecule has 3 heterocycles. The van der Waals surface area contributed by atoms with Crippen LogP contribution >= 0.6 is 0 Å². The van der Waals surface area contributed by atoms with Crippen LogP contribution in [-0.4, -0.2) is 71.3 Å². The van der Waals surface area contributed by atoms with Crippen molar-refractivity contribution in [3.8, 4) is 0 Å². The minimum Gasteiger partial charge on any atom is -0.403 e. The number of hydrogen-bond acceptors (Lipinski definition) is 6. The van der Waals surface area contributed by atoms with Gasteiger partial charge in [-0.2, -0.15) is 0 Å². The van der Waals surface area contributed by atoms with Gasteiger partial charge in [0.25, 0.3) is 0 Å². The molecule has 1 aromatic heterocycles. The smallest absolute Gasteiger partial charge is 0.318 e. The standard InChI is InChI=1S/C22H37N5O/c1-6-19(8-7-17(2)3)21-23-24-22(28-21)27-11-9-20(10-12-27)26-15-13-25(14-16-26)18(4)5/h6-8,17-18,20H,9-16H2,1-5H3/b8-7-,19-6+. The molecule has 0 unspecified atom stereocenters. The Balaban J connectivity index is 1.52. The maximum atomic E-state index is 5.99. The molecule has 6 heteroatoms. The molecule has 2 saturated heterocycles. The maximum absolute atomic E-state index is 5.99. The molecule has 0 amide bonds. The summed E-state index contributed by atoms with van der Waals surface area (Å²) in [6.45, 7) is 17.7. The molecule has 2 aliphatic heterocycles. The van der Waals surface area contributed by atoms with Crippen LogP contribution in [0.25, 0.3) is 5.57 Å². The van der Waals surface area contributed by atoms with Crippen LogP contribution in [-0.2, 0) is 0 Å². The van der Waals surface area contributed by atoms with Crippen LogP contribution < -0.4 is 4.90 Å². The molecule has 2 fully saturated rings. The lowest BCUT2D eigenvalue weighted by atomic mass is 10.0. The summed E-state index contributed by atoms with van der Waals surface area (Å²) in [6.07, 6.45) is 8.60. The molecule has 0 spiro atoms. The zero-order chi connectivity index (χ0) is 20.1. The third kappa shape index (κ3) is 5.23. The highest BCUT2D eigenvalue weighted by Crippen LogP contribution is 2.25. The summed E-state index contributed by atoms with van der Waals surface area (Å²) in [5.74, 6) is 1.11. The van der Waals surface area contributed by atoms with E-state index in [-0.39, 0.29) is 0 Å². The van der Waals surface area contributed by atoms with Crippen molar-refractivity contribution >= 4 is 11.6 Å². The summed E-state index contributed by atoms with van der Waals surface area (Å²) in [7, 11) is 0. The molecule has 0 atom stereocenters. The fourth-order valence-corrected chi connectivity index (χ4v) is 4.09. The van der Waals surface area contributed by atoms with Crippen LogP contribution in [0.2, 0.25) is 0 Å². The summed E-state index contributed by atoms with van der Waals surface area (Å²) in [6, 6.07) is 2.01.